The van der Waals surface area contributed by atoms with E-state index in [0.29, 0.717) is 31.0 Å². The molecule has 0 atom stereocenters. The standard InChI is InChI=1S/C18H35N3O.2ClH/c1-15(2)21-11-7-16(8-12-21)20(3)17(22)13-18(14-19)9-5-4-6-10-18;;/h15-16H,4-14,19H2,1-3H3;2*1H. The lowest BCUT2D eigenvalue weighted by Gasteiger charge is -2.41. The maximum absolute atomic E-state index is 12.7. The summed E-state index contributed by atoms with van der Waals surface area (Å²) in [6.07, 6.45) is 8.92. The van der Waals surface area contributed by atoms with Crippen molar-refractivity contribution in [1.82, 2.24) is 9.80 Å². The molecule has 2 rings (SSSR count). The number of hydrogen-bond acceptors (Lipinski definition) is 3. The Hall–Kier alpha value is -0.0300. The van der Waals surface area contributed by atoms with Crippen molar-refractivity contribution in [1.29, 1.82) is 0 Å². The van der Waals surface area contributed by atoms with E-state index < -0.39 is 0 Å². The highest BCUT2D eigenvalue weighted by Crippen LogP contribution is 2.39. The van der Waals surface area contributed by atoms with Gasteiger partial charge in [0.1, 0.15) is 0 Å². The van der Waals surface area contributed by atoms with Gasteiger partial charge in [-0.3, -0.25) is 4.79 Å². The van der Waals surface area contributed by atoms with Gasteiger partial charge in [-0.2, -0.15) is 0 Å². The molecule has 24 heavy (non-hydrogen) atoms. The summed E-state index contributed by atoms with van der Waals surface area (Å²) in [5.41, 5.74) is 6.12. The number of hydrogen-bond donors (Lipinski definition) is 1. The van der Waals surface area contributed by atoms with Crippen LogP contribution >= 0.6 is 24.8 Å². The van der Waals surface area contributed by atoms with Crippen molar-refractivity contribution >= 4 is 30.7 Å². The topological polar surface area (TPSA) is 49.6 Å². The largest absolute Gasteiger partial charge is 0.343 e. The molecular weight excluding hydrogens is 345 g/mol. The van der Waals surface area contributed by atoms with Gasteiger partial charge in [-0.05, 0) is 51.5 Å². The maximum Gasteiger partial charge on any atom is 0.223 e. The van der Waals surface area contributed by atoms with Crippen molar-refractivity contribution in [3.63, 3.8) is 0 Å². The Kier molecular flexibility index (Phi) is 10.8. The average Bonchev–Trinajstić information content (AvgIpc) is 2.55. The zero-order chi connectivity index (χ0) is 16.2. The maximum atomic E-state index is 12.7. The van der Waals surface area contributed by atoms with Crippen LogP contribution in [0.5, 0.6) is 0 Å². The molecule has 0 unspecified atom stereocenters. The fourth-order valence-electron chi connectivity index (χ4n) is 4.19. The number of halogens is 2. The molecule has 4 nitrogen and oxygen atoms in total. The smallest absolute Gasteiger partial charge is 0.223 e. The Morgan fingerprint density at radius 1 is 1.17 bits per heavy atom. The Morgan fingerprint density at radius 3 is 2.17 bits per heavy atom. The van der Waals surface area contributed by atoms with Crippen LogP contribution in [0.15, 0.2) is 0 Å². The van der Waals surface area contributed by atoms with E-state index in [1.54, 1.807) is 0 Å². The molecule has 6 heteroatoms. The number of likely N-dealkylation sites (tertiary alicyclic amines) is 1. The van der Waals surface area contributed by atoms with Gasteiger partial charge in [0.2, 0.25) is 5.91 Å². The molecule has 1 saturated carbocycles. The fourth-order valence-corrected chi connectivity index (χ4v) is 4.19. The van der Waals surface area contributed by atoms with Gasteiger partial charge in [0, 0.05) is 38.6 Å². The summed E-state index contributed by atoms with van der Waals surface area (Å²) >= 11 is 0. The molecule has 1 aliphatic carbocycles. The van der Waals surface area contributed by atoms with Gasteiger partial charge in [-0.1, -0.05) is 19.3 Å². The zero-order valence-electron chi connectivity index (χ0n) is 15.6. The summed E-state index contributed by atoms with van der Waals surface area (Å²) < 4.78 is 0. The predicted molar refractivity (Wildman–Crippen MR) is 106 cm³/mol. The zero-order valence-corrected chi connectivity index (χ0v) is 17.3. The first-order valence-corrected chi connectivity index (χ1v) is 9.17. The van der Waals surface area contributed by atoms with Crippen molar-refractivity contribution in [3.05, 3.63) is 0 Å². The van der Waals surface area contributed by atoms with E-state index in [1.165, 1.54) is 19.3 Å². The van der Waals surface area contributed by atoms with E-state index >= 15 is 0 Å². The van der Waals surface area contributed by atoms with E-state index in [9.17, 15) is 4.79 Å². The third kappa shape index (κ3) is 6.05. The second-order valence-corrected chi connectivity index (χ2v) is 7.81. The quantitative estimate of drug-likeness (QED) is 0.792. The van der Waals surface area contributed by atoms with E-state index in [2.05, 4.69) is 18.7 Å². The number of piperidine rings is 1. The van der Waals surface area contributed by atoms with E-state index in [4.69, 9.17) is 5.73 Å². The van der Waals surface area contributed by atoms with E-state index in [-0.39, 0.29) is 30.2 Å². The average molecular weight is 382 g/mol. The van der Waals surface area contributed by atoms with Crippen LogP contribution in [0, 0.1) is 5.41 Å². The number of amides is 1. The van der Waals surface area contributed by atoms with E-state index in [1.807, 2.05) is 11.9 Å². The predicted octanol–water partition coefficient (Wildman–Crippen LogP) is 3.46. The first kappa shape index (κ1) is 24.0. The van der Waals surface area contributed by atoms with Gasteiger partial charge in [-0.25, -0.2) is 0 Å². The van der Waals surface area contributed by atoms with Crippen molar-refractivity contribution in [3.8, 4) is 0 Å². The van der Waals surface area contributed by atoms with Crippen LogP contribution < -0.4 is 5.73 Å². The number of carbonyl (C=O) groups excluding carboxylic acids is 1. The number of carbonyl (C=O) groups is 1. The van der Waals surface area contributed by atoms with Gasteiger partial charge in [0.15, 0.2) is 0 Å². The Balaban J connectivity index is 0.00000264. The van der Waals surface area contributed by atoms with Crippen molar-refractivity contribution in [2.24, 2.45) is 11.1 Å². The molecule has 2 aliphatic rings. The molecule has 1 amide bonds. The minimum atomic E-state index is 0. The summed E-state index contributed by atoms with van der Waals surface area (Å²) in [4.78, 5) is 17.3. The first-order chi connectivity index (χ1) is 10.5. The number of nitrogens with two attached hydrogens (primary N) is 1. The third-order valence-corrected chi connectivity index (χ3v) is 6.04. The van der Waals surface area contributed by atoms with E-state index in [0.717, 1.165) is 38.8 Å². The molecule has 0 bridgehead atoms. The summed E-state index contributed by atoms with van der Waals surface area (Å²) in [7, 11) is 2.01. The lowest BCUT2D eigenvalue weighted by Crippen LogP contribution is -2.48. The third-order valence-electron chi connectivity index (χ3n) is 6.04. The fraction of sp³-hybridized carbons (Fsp3) is 0.944. The molecule has 0 aromatic rings. The number of nitrogens with zero attached hydrogens (tertiary/aromatic N) is 2. The number of rotatable bonds is 5. The highest BCUT2D eigenvalue weighted by Gasteiger charge is 2.35. The van der Waals surface area contributed by atoms with Crippen LogP contribution in [0.2, 0.25) is 0 Å². The van der Waals surface area contributed by atoms with Crippen molar-refractivity contribution in [2.45, 2.75) is 77.3 Å². The molecule has 1 saturated heterocycles. The van der Waals surface area contributed by atoms with Crippen LogP contribution in [-0.4, -0.2) is 54.5 Å². The van der Waals surface area contributed by atoms with Crippen LogP contribution in [0.25, 0.3) is 0 Å². The second-order valence-electron chi connectivity index (χ2n) is 7.81. The summed E-state index contributed by atoms with van der Waals surface area (Å²) in [6, 6.07) is 1.03. The molecule has 0 radical (unpaired) electrons. The highest BCUT2D eigenvalue weighted by atomic mass is 35.5. The molecule has 1 heterocycles. The SMILES string of the molecule is CC(C)N1CCC(N(C)C(=O)CC2(CN)CCCCC2)CC1.Cl.Cl. The van der Waals surface area contributed by atoms with Crippen LogP contribution in [0.3, 0.4) is 0 Å². The lowest BCUT2D eigenvalue weighted by molar-refractivity contribution is -0.136. The lowest BCUT2D eigenvalue weighted by atomic mass is 9.71. The van der Waals surface area contributed by atoms with Crippen LogP contribution in [0.4, 0.5) is 0 Å². The van der Waals surface area contributed by atoms with Gasteiger partial charge in [0.05, 0.1) is 0 Å². The minimum absolute atomic E-state index is 0. The second kappa shape index (κ2) is 10.8. The molecule has 0 aromatic heterocycles. The summed E-state index contributed by atoms with van der Waals surface area (Å²) in [5.74, 6) is 0.315. The van der Waals surface area contributed by atoms with Gasteiger partial charge in [0.25, 0.3) is 0 Å². The molecule has 1 aliphatic heterocycles. The van der Waals surface area contributed by atoms with Gasteiger partial charge < -0.3 is 15.5 Å². The normalized spacial score (nSPS) is 21.7. The Bertz CT molecular complexity index is 365. The highest BCUT2D eigenvalue weighted by molar-refractivity contribution is 5.85. The van der Waals surface area contributed by atoms with Gasteiger partial charge >= 0.3 is 0 Å². The molecule has 0 aromatic carbocycles. The monoisotopic (exact) mass is 381 g/mol. The Morgan fingerprint density at radius 2 is 1.71 bits per heavy atom. The molecule has 2 fully saturated rings. The van der Waals surface area contributed by atoms with Crippen molar-refractivity contribution in [2.75, 3.05) is 26.7 Å². The minimum Gasteiger partial charge on any atom is -0.343 e. The molecule has 2 N–H and O–H groups in total. The molecular formula is C18H37Cl2N3O. The summed E-state index contributed by atoms with van der Waals surface area (Å²) in [6.45, 7) is 7.40. The summed E-state index contributed by atoms with van der Waals surface area (Å²) in [5, 5.41) is 0. The Labute approximate surface area is 160 Å². The van der Waals surface area contributed by atoms with Crippen LogP contribution in [-0.2, 0) is 4.79 Å². The molecule has 144 valence electrons. The van der Waals surface area contributed by atoms with Gasteiger partial charge in [-0.15, -0.1) is 24.8 Å². The van der Waals surface area contributed by atoms with Crippen molar-refractivity contribution < 1.29 is 4.79 Å². The molecule has 0 spiro atoms. The van der Waals surface area contributed by atoms with Crippen LogP contribution in [0.1, 0.15) is 65.2 Å². The first-order valence-electron chi connectivity index (χ1n) is 9.17.